The van der Waals surface area contributed by atoms with Gasteiger partial charge in [0.15, 0.2) is 0 Å². The standard InChI is InChI=1S/C9H20N2.CH4/c1-8(2)11-6-5-10(4)9(3)7-11;/h8-9H,5-7H2,1-4H3;1H4/t9-;/m1./s1. The van der Waals surface area contributed by atoms with Crippen molar-refractivity contribution in [2.75, 3.05) is 26.7 Å². The Labute approximate surface area is 77.5 Å². The van der Waals surface area contributed by atoms with Gasteiger partial charge >= 0.3 is 0 Å². The van der Waals surface area contributed by atoms with Gasteiger partial charge in [-0.3, -0.25) is 4.90 Å². The predicted molar refractivity (Wildman–Crippen MR) is 55.5 cm³/mol. The molecule has 1 heterocycles. The first-order valence-corrected chi connectivity index (χ1v) is 4.55. The number of hydrogen-bond acceptors (Lipinski definition) is 2. The lowest BCUT2D eigenvalue weighted by molar-refractivity contribution is 0.0832. The number of rotatable bonds is 1. The summed E-state index contributed by atoms with van der Waals surface area (Å²) >= 11 is 0. The van der Waals surface area contributed by atoms with Crippen molar-refractivity contribution >= 4 is 0 Å². The second-order valence-electron chi connectivity index (χ2n) is 3.92. The number of nitrogens with zero attached hydrogens (tertiary/aromatic N) is 2. The van der Waals surface area contributed by atoms with E-state index >= 15 is 0 Å². The summed E-state index contributed by atoms with van der Waals surface area (Å²) in [7, 11) is 2.21. The fourth-order valence-corrected chi connectivity index (χ4v) is 1.55. The first kappa shape index (κ1) is 11.9. The van der Waals surface area contributed by atoms with E-state index in [1.54, 1.807) is 0 Å². The molecule has 1 atom stereocenters. The zero-order valence-corrected chi connectivity index (χ0v) is 8.17. The van der Waals surface area contributed by atoms with Crippen LogP contribution in [0.5, 0.6) is 0 Å². The summed E-state index contributed by atoms with van der Waals surface area (Å²) in [4.78, 5) is 4.98. The van der Waals surface area contributed by atoms with Crippen molar-refractivity contribution in [2.24, 2.45) is 0 Å². The van der Waals surface area contributed by atoms with E-state index in [4.69, 9.17) is 0 Å². The smallest absolute Gasteiger partial charge is 0.0192 e. The molecular weight excluding hydrogens is 148 g/mol. The van der Waals surface area contributed by atoms with Crippen molar-refractivity contribution in [3.63, 3.8) is 0 Å². The maximum atomic E-state index is 2.55. The molecule has 0 radical (unpaired) electrons. The Morgan fingerprint density at radius 2 is 1.83 bits per heavy atom. The summed E-state index contributed by atoms with van der Waals surface area (Å²) in [6.07, 6.45) is 0. The van der Waals surface area contributed by atoms with Gasteiger partial charge in [-0.2, -0.15) is 0 Å². The van der Waals surface area contributed by atoms with Gasteiger partial charge in [0, 0.05) is 31.7 Å². The summed E-state index contributed by atoms with van der Waals surface area (Å²) in [6.45, 7) is 10.5. The molecule has 0 aliphatic carbocycles. The van der Waals surface area contributed by atoms with Crippen LogP contribution in [0.15, 0.2) is 0 Å². The first-order valence-electron chi connectivity index (χ1n) is 4.55. The van der Waals surface area contributed by atoms with Gasteiger partial charge in [0.25, 0.3) is 0 Å². The Kier molecular flexibility index (Phi) is 4.80. The van der Waals surface area contributed by atoms with Crippen molar-refractivity contribution in [3.8, 4) is 0 Å². The highest BCUT2D eigenvalue weighted by Crippen LogP contribution is 2.09. The van der Waals surface area contributed by atoms with Crippen LogP contribution in [0.25, 0.3) is 0 Å². The minimum atomic E-state index is 0. The molecule has 0 aromatic heterocycles. The Bertz CT molecular complexity index is 123. The maximum absolute atomic E-state index is 2.55. The molecule has 12 heavy (non-hydrogen) atoms. The van der Waals surface area contributed by atoms with Gasteiger partial charge in [-0.05, 0) is 27.8 Å². The van der Waals surface area contributed by atoms with Gasteiger partial charge in [-0.1, -0.05) is 7.43 Å². The van der Waals surface area contributed by atoms with E-state index in [2.05, 4.69) is 37.6 Å². The van der Waals surface area contributed by atoms with Crippen molar-refractivity contribution in [1.82, 2.24) is 9.80 Å². The van der Waals surface area contributed by atoms with E-state index in [0.717, 1.165) is 6.04 Å². The lowest BCUT2D eigenvalue weighted by atomic mass is 10.2. The lowest BCUT2D eigenvalue weighted by Crippen LogP contribution is -2.52. The quantitative estimate of drug-likeness (QED) is 0.593. The molecule has 0 N–H and O–H groups in total. The topological polar surface area (TPSA) is 6.48 Å². The van der Waals surface area contributed by atoms with Crippen molar-refractivity contribution in [2.45, 2.75) is 40.3 Å². The molecule has 1 saturated heterocycles. The van der Waals surface area contributed by atoms with Crippen LogP contribution in [-0.2, 0) is 0 Å². The third-order valence-corrected chi connectivity index (χ3v) is 2.72. The van der Waals surface area contributed by atoms with Crippen LogP contribution >= 0.6 is 0 Å². The summed E-state index contributed by atoms with van der Waals surface area (Å²) in [6, 6.07) is 1.44. The molecule has 74 valence electrons. The van der Waals surface area contributed by atoms with Crippen LogP contribution in [-0.4, -0.2) is 48.6 Å². The highest BCUT2D eigenvalue weighted by Gasteiger charge is 2.21. The maximum Gasteiger partial charge on any atom is 0.0192 e. The largest absolute Gasteiger partial charge is 0.301 e. The Balaban J connectivity index is 0.00000121. The summed E-state index contributed by atoms with van der Waals surface area (Å²) in [5, 5.41) is 0. The third kappa shape index (κ3) is 2.76. The zero-order valence-electron chi connectivity index (χ0n) is 8.17. The SMILES string of the molecule is C.CC(C)N1CCN(C)[C@H](C)C1. The minimum absolute atomic E-state index is 0. The molecule has 1 aliphatic heterocycles. The molecule has 1 fully saturated rings. The average Bonchev–Trinajstić information content (AvgIpc) is 1.94. The average molecular weight is 172 g/mol. The number of hydrogen-bond donors (Lipinski definition) is 0. The Hall–Kier alpha value is -0.0800. The molecule has 1 aliphatic rings. The molecule has 0 spiro atoms. The molecule has 0 aromatic carbocycles. The molecule has 2 heteroatoms. The van der Waals surface area contributed by atoms with Crippen LogP contribution in [0.4, 0.5) is 0 Å². The van der Waals surface area contributed by atoms with E-state index in [1.165, 1.54) is 19.6 Å². The normalized spacial score (nSPS) is 27.2. The van der Waals surface area contributed by atoms with Gasteiger partial charge in [0.1, 0.15) is 0 Å². The van der Waals surface area contributed by atoms with Crippen LogP contribution in [0.2, 0.25) is 0 Å². The molecule has 0 aromatic rings. The monoisotopic (exact) mass is 172 g/mol. The zero-order chi connectivity index (χ0) is 8.43. The Morgan fingerprint density at radius 3 is 2.25 bits per heavy atom. The van der Waals surface area contributed by atoms with E-state index in [0.29, 0.717) is 6.04 Å². The summed E-state index contributed by atoms with van der Waals surface area (Å²) in [5.74, 6) is 0. The number of piperazine rings is 1. The van der Waals surface area contributed by atoms with Crippen molar-refractivity contribution in [1.29, 1.82) is 0 Å². The second-order valence-corrected chi connectivity index (χ2v) is 3.92. The summed E-state index contributed by atoms with van der Waals surface area (Å²) < 4.78 is 0. The van der Waals surface area contributed by atoms with Crippen molar-refractivity contribution < 1.29 is 0 Å². The second kappa shape index (κ2) is 4.83. The lowest BCUT2D eigenvalue weighted by Gasteiger charge is -2.39. The summed E-state index contributed by atoms with van der Waals surface area (Å²) in [5.41, 5.74) is 0. The predicted octanol–water partition coefficient (Wildman–Crippen LogP) is 1.67. The van der Waals surface area contributed by atoms with Gasteiger partial charge in [0.05, 0.1) is 0 Å². The van der Waals surface area contributed by atoms with Crippen LogP contribution in [0, 0.1) is 0 Å². The Morgan fingerprint density at radius 1 is 1.25 bits per heavy atom. The van der Waals surface area contributed by atoms with E-state index in [1.807, 2.05) is 0 Å². The van der Waals surface area contributed by atoms with Crippen LogP contribution in [0.3, 0.4) is 0 Å². The molecule has 0 bridgehead atoms. The molecular formula is C10H24N2. The minimum Gasteiger partial charge on any atom is -0.301 e. The van der Waals surface area contributed by atoms with E-state index < -0.39 is 0 Å². The third-order valence-electron chi connectivity index (χ3n) is 2.72. The fourth-order valence-electron chi connectivity index (χ4n) is 1.55. The van der Waals surface area contributed by atoms with E-state index in [-0.39, 0.29) is 7.43 Å². The van der Waals surface area contributed by atoms with Gasteiger partial charge < -0.3 is 4.90 Å². The van der Waals surface area contributed by atoms with Crippen molar-refractivity contribution in [3.05, 3.63) is 0 Å². The van der Waals surface area contributed by atoms with Gasteiger partial charge in [0.2, 0.25) is 0 Å². The van der Waals surface area contributed by atoms with Crippen LogP contribution in [0.1, 0.15) is 28.2 Å². The van der Waals surface area contributed by atoms with Crippen LogP contribution < -0.4 is 0 Å². The number of likely N-dealkylation sites (N-methyl/N-ethyl adjacent to an activating group) is 1. The molecule has 0 saturated carbocycles. The van der Waals surface area contributed by atoms with E-state index in [9.17, 15) is 0 Å². The molecule has 0 unspecified atom stereocenters. The molecule has 0 amide bonds. The molecule has 2 nitrogen and oxygen atoms in total. The van der Waals surface area contributed by atoms with Gasteiger partial charge in [-0.15, -0.1) is 0 Å². The highest BCUT2D eigenvalue weighted by atomic mass is 15.3. The first-order chi connectivity index (χ1) is 5.11. The highest BCUT2D eigenvalue weighted by molar-refractivity contribution is 4.78. The molecule has 1 rings (SSSR count). The van der Waals surface area contributed by atoms with Gasteiger partial charge in [-0.25, -0.2) is 0 Å². The fraction of sp³-hybridized carbons (Fsp3) is 1.00.